The first-order chi connectivity index (χ1) is 10.8. The number of pyridine rings is 1. The summed E-state index contributed by atoms with van der Waals surface area (Å²) in [6.45, 7) is 6.64. The number of aromatic nitrogens is 1. The largest absolute Gasteiger partial charge is 0.503 e. The Kier molecular flexibility index (Phi) is 5.18. The number of rotatable bonds is 3. The van der Waals surface area contributed by atoms with Crippen molar-refractivity contribution in [1.29, 1.82) is 0 Å². The van der Waals surface area contributed by atoms with Crippen molar-refractivity contribution < 1.29 is 24.1 Å². The number of ether oxygens (including phenoxy) is 3. The lowest BCUT2D eigenvalue weighted by atomic mass is 10.1. The third-order valence-electron chi connectivity index (χ3n) is 3.41. The molecule has 1 amide bonds. The molecule has 7 nitrogen and oxygen atoms in total. The number of nitrogens with zero attached hydrogens (tertiary/aromatic N) is 2. The van der Waals surface area contributed by atoms with Crippen LogP contribution in [-0.4, -0.2) is 53.0 Å². The van der Waals surface area contributed by atoms with Crippen molar-refractivity contribution in [3.63, 3.8) is 0 Å². The fourth-order valence-electron chi connectivity index (χ4n) is 2.27. The van der Waals surface area contributed by atoms with E-state index in [1.165, 1.54) is 19.4 Å². The van der Waals surface area contributed by atoms with Crippen molar-refractivity contribution in [2.45, 2.75) is 45.3 Å². The lowest BCUT2D eigenvalue weighted by molar-refractivity contribution is 0.0120. The minimum Gasteiger partial charge on any atom is -0.503 e. The van der Waals surface area contributed by atoms with Gasteiger partial charge in [-0.05, 0) is 20.8 Å². The topological polar surface area (TPSA) is 81.1 Å². The Morgan fingerprint density at radius 2 is 2.00 bits per heavy atom. The number of carbonyl (C=O) groups excluding carboxylic acids is 1. The summed E-state index contributed by atoms with van der Waals surface area (Å²) in [6.07, 6.45) is 2.41. The third kappa shape index (κ3) is 4.91. The standard InChI is InChI=1S/C16H24N2O5/c1-16(2,3)23-15(20)18-7-5-11(6-8-18)22-14-13(19)9-12(21-4)10-17-14/h9-11,19H,5-8H2,1-4H3. The van der Waals surface area contributed by atoms with Crippen molar-refractivity contribution >= 4 is 6.09 Å². The van der Waals surface area contributed by atoms with Gasteiger partial charge in [0.05, 0.1) is 13.3 Å². The highest BCUT2D eigenvalue weighted by Gasteiger charge is 2.28. The highest BCUT2D eigenvalue weighted by molar-refractivity contribution is 5.68. The molecular formula is C16H24N2O5. The van der Waals surface area contributed by atoms with Crippen molar-refractivity contribution in [1.82, 2.24) is 9.88 Å². The van der Waals surface area contributed by atoms with Gasteiger partial charge in [0.15, 0.2) is 5.75 Å². The lowest BCUT2D eigenvalue weighted by Crippen LogP contribution is -2.44. The highest BCUT2D eigenvalue weighted by atomic mass is 16.6. The Balaban J connectivity index is 1.86. The fourth-order valence-corrected chi connectivity index (χ4v) is 2.27. The Morgan fingerprint density at radius 1 is 1.35 bits per heavy atom. The number of aromatic hydroxyl groups is 1. The van der Waals surface area contributed by atoms with Crippen LogP contribution in [0.4, 0.5) is 4.79 Å². The second-order valence-electron chi connectivity index (χ2n) is 6.48. The van der Waals surface area contributed by atoms with Crippen LogP contribution in [0, 0.1) is 0 Å². The van der Waals surface area contributed by atoms with E-state index in [0.29, 0.717) is 31.7 Å². The molecule has 1 fully saturated rings. The molecule has 0 radical (unpaired) electrons. The molecule has 1 aromatic heterocycles. The summed E-state index contributed by atoms with van der Waals surface area (Å²) >= 11 is 0. The van der Waals surface area contributed by atoms with Crippen molar-refractivity contribution in [3.8, 4) is 17.4 Å². The predicted octanol–water partition coefficient (Wildman–Crippen LogP) is 2.57. The average Bonchev–Trinajstić information content (AvgIpc) is 2.48. The number of amides is 1. The summed E-state index contributed by atoms with van der Waals surface area (Å²) < 4.78 is 16.1. The average molecular weight is 324 g/mol. The van der Waals surface area contributed by atoms with Crippen LogP contribution in [0.1, 0.15) is 33.6 Å². The SMILES string of the molecule is COc1cnc(OC2CCN(C(=O)OC(C)(C)C)CC2)c(O)c1. The first-order valence-corrected chi connectivity index (χ1v) is 7.66. The zero-order valence-corrected chi connectivity index (χ0v) is 14.0. The number of methoxy groups -OCH3 is 1. The van der Waals surface area contributed by atoms with Crippen LogP contribution in [0.25, 0.3) is 0 Å². The van der Waals surface area contributed by atoms with Crippen molar-refractivity contribution in [3.05, 3.63) is 12.3 Å². The minimum absolute atomic E-state index is 0.0566. The normalized spacial score (nSPS) is 16.1. The predicted molar refractivity (Wildman–Crippen MR) is 83.9 cm³/mol. The summed E-state index contributed by atoms with van der Waals surface area (Å²) in [5.41, 5.74) is -0.497. The van der Waals surface area contributed by atoms with Crippen LogP contribution in [0.2, 0.25) is 0 Å². The number of piperidine rings is 1. The van der Waals surface area contributed by atoms with Crippen LogP contribution >= 0.6 is 0 Å². The van der Waals surface area contributed by atoms with Gasteiger partial charge in [0.25, 0.3) is 5.88 Å². The van der Waals surface area contributed by atoms with E-state index < -0.39 is 5.60 Å². The number of likely N-dealkylation sites (tertiary alicyclic amines) is 1. The maximum Gasteiger partial charge on any atom is 0.410 e. The van der Waals surface area contributed by atoms with E-state index in [0.717, 1.165) is 0 Å². The van der Waals surface area contributed by atoms with Crippen LogP contribution in [0.3, 0.4) is 0 Å². The molecular weight excluding hydrogens is 300 g/mol. The van der Waals surface area contributed by atoms with Crippen molar-refractivity contribution in [2.75, 3.05) is 20.2 Å². The second-order valence-corrected chi connectivity index (χ2v) is 6.48. The van der Waals surface area contributed by atoms with Crippen molar-refractivity contribution in [2.24, 2.45) is 0 Å². The molecule has 0 spiro atoms. The van der Waals surface area contributed by atoms with E-state index in [1.54, 1.807) is 4.90 Å². The number of hydrogen-bond acceptors (Lipinski definition) is 6. The molecule has 1 N–H and O–H groups in total. The van der Waals surface area contributed by atoms with Gasteiger partial charge in [-0.2, -0.15) is 0 Å². The molecule has 0 saturated carbocycles. The molecule has 2 heterocycles. The Bertz CT molecular complexity index is 548. The summed E-state index contributed by atoms with van der Waals surface area (Å²) in [6, 6.07) is 1.46. The molecule has 23 heavy (non-hydrogen) atoms. The van der Waals surface area contributed by atoms with E-state index in [2.05, 4.69) is 4.98 Å². The molecule has 0 atom stereocenters. The lowest BCUT2D eigenvalue weighted by Gasteiger charge is -2.33. The Morgan fingerprint density at radius 3 is 2.52 bits per heavy atom. The smallest absolute Gasteiger partial charge is 0.410 e. The second kappa shape index (κ2) is 6.93. The molecule has 1 saturated heterocycles. The fraction of sp³-hybridized carbons (Fsp3) is 0.625. The monoisotopic (exact) mass is 324 g/mol. The summed E-state index contributed by atoms with van der Waals surface area (Å²) in [5, 5.41) is 9.87. The molecule has 128 valence electrons. The van der Waals surface area contributed by atoms with Gasteiger partial charge >= 0.3 is 6.09 Å². The molecule has 0 aliphatic carbocycles. The van der Waals surface area contributed by atoms with E-state index in [9.17, 15) is 9.90 Å². The van der Waals surface area contributed by atoms with Gasteiger partial charge in [0.1, 0.15) is 17.5 Å². The third-order valence-corrected chi connectivity index (χ3v) is 3.41. The van der Waals surface area contributed by atoms with Crippen LogP contribution < -0.4 is 9.47 Å². The summed E-state index contributed by atoms with van der Waals surface area (Å²) in [7, 11) is 1.50. The molecule has 0 unspecified atom stereocenters. The maximum atomic E-state index is 12.0. The Hall–Kier alpha value is -2.18. The highest BCUT2D eigenvalue weighted by Crippen LogP contribution is 2.29. The summed E-state index contributed by atoms with van der Waals surface area (Å²) in [5.74, 6) is 0.593. The zero-order chi connectivity index (χ0) is 17.0. The van der Waals surface area contributed by atoms with Gasteiger partial charge in [0.2, 0.25) is 0 Å². The van der Waals surface area contributed by atoms with E-state index in [1.807, 2.05) is 20.8 Å². The number of hydrogen-bond donors (Lipinski definition) is 1. The van der Waals surface area contributed by atoms with E-state index in [4.69, 9.17) is 14.2 Å². The van der Waals surface area contributed by atoms with Gasteiger partial charge < -0.3 is 24.2 Å². The molecule has 0 bridgehead atoms. The van der Waals surface area contributed by atoms with Crippen LogP contribution in [0.5, 0.6) is 17.4 Å². The Labute approximate surface area is 136 Å². The van der Waals surface area contributed by atoms with Gasteiger partial charge in [0, 0.05) is 32.0 Å². The van der Waals surface area contributed by atoms with Gasteiger partial charge in [-0.3, -0.25) is 0 Å². The number of carbonyl (C=O) groups is 1. The summed E-state index contributed by atoms with van der Waals surface area (Å²) in [4.78, 5) is 17.7. The minimum atomic E-state index is -0.497. The molecule has 0 aromatic carbocycles. The molecule has 1 aromatic rings. The molecule has 1 aliphatic heterocycles. The first-order valence-electron chi connectivity index (χ1n) is 7.66. The van der Waals surface area contributed by atoms with Gasteiger partial charge in [-0.1, -0.05) is 0 Å². The zero-order valence-electron chi connectivity index (χ0n) is 14.0. The van der Waals surface area contributed by atoms with Gasteiger partial charge in [-0.15, -0.1) is 0 Å². The maximum absolute atomic E-state index is 12.0. The van der Waals surface area contributed by atoms with Crippen LogP contribution in [0.15, 0.2) is 12.3 Å². The van der Waals surface area contributed by atoms with Gasteiger partial charge in [-0.25, -0.2) is 9.78 Å². The molecule has 7 heteroatoms. The quantitative estimate of drug-likeness (QED) is 0.920. The van der Waals surface area contributed by atoms with E-state index >= 15 is 0 Å². The van der Waals surface area contributed by atoms with E-state index in [-0.39, 0.29) is 23.8 Å². The molecule has 2 rings (SSSR count). The van der Waals surface area contributed by atoms with Crippen LogP contribution in [-0.2, 0) is 4.74 Å². The molecule has 1 aliphatic rings. The first kappa shape index (κ1) is 17.2.